The Labute approximate surface area is 339 Å². The van der Waals surface area contributed by atoms with E-state index < -0.39 is 0 Å². The molecule has 0 saturated heterocycles. The summed E-state index contributed by atoms with van der Waals surface area (Å²) in [5.74, 6) is 2.65. The molecule has 4 aliphatic rings. The Hall–Kier alpha value is -6.89. The van der Waals surface area contributed by atoms with Gasteiger partial charge in [-0.1, -0.05) is 103 Å². The molecule has 9 aromatic rings. The van der Waals surface area contributed by atoms with E-state index in [1.807, 2.05) is 30.0 Å². The lowest BCUT2D eigenvalue weighted by molar-refractivity contribution is 0.477. The third-order valence-electron chi connectivity index (χ3n) is 12.4. The summed E-state index contributed by atoms with van der Waals surface area (Å²) in [7, 11) is 0. The zero-order valence-electron chi connectivity index (χ0n) is 31.3. The van der Waals surface area contributed by atoms with Gasteiger partial charge in [-0.05, 0) is 107 Å². The normalized spacial score (nSPS) is 17.4. The van der Waals surface area contributed by atoms with Crippen LogP contribution in [0.3, 0.4) is 0 Å². The lowest BCUT2D eigenvalue weighted by Gasteiger charge is -2.33. The number of aromatic nitrogens is 3. The van der Waals surface area contributed by atoms with E-state index in [1.165, 1.54) is 49.0 Å². The maximum atomic E-state index is 6.74. The minimum Gasteiger partial charge on any atom is -0.453 e. The van der Waals surface area contributed by atoms with Gasteiger partial charge in [0.25, 0.3) is 0 Å². The van der Waals surface area contributed by atoms with Gasteiger partial charge in [-0.15, -0.1) is 11.8 Å². The van der Waals surface area contributed by atoms with E-state index in [9.17, 15) is 0 Å². The SMILES string of the molecule is C1=CC2=C(CC1)c1c(n(-c3nc4ccccc4nc3-c3ccc4c(c3)Oc3ccccc3N4c3ccccc3)c3ccccc13)C1Sc3cc4ccccc4cc3C21. The van der Waals surface area contributed by atoms with Crippen LogP contribution in [0.2, 0.25) is 0 Å². The molecule has 2 aliphatic carbocycles. The number of allylic oxidation sites excluding steroid dienone is 4. The van der Waals surface area contributed by atoms with E-state index in [4.69, 9.17) is 14.7 Å². The predicted molar refractivity (Wildman–Crippen MR) is 237 cm³/mol. The van der Waals surface area contributed by atoms with E-state index in [0.29, 0.717) is 0 Å². The molecule has 2 unspecified atom stereocenters. The summed E-state index contributed by atoms with van der Waals surface area (Å²) in [4.78, 5) is 14.7. The maximum Gasteiger partial charge on any atom is 0.164 e. The minimum atomic E-state index is 0.152. The quantitative estimate of drug-likeness (QED) is 0.179. The first-order valence-corrected chi connectivity index (χ1v) is 20.9. The number of hydrogen-bond acceptors (Lipinski definition) is 5. The summed E-state index contributed by atoms with van der Waals surface area (Å²) >= 11 is 2.01. The van der Waals surface area contributed by atoms with Crippen LogP contribution in [0, 0.1) is 0 Å². The molecule has 58 heavy (non-hydrogen) atoms. The molecule has 7 aromatic carbocycles. The first kappa shape index (κ1) is 32.2. The van der Waals surface area contributed by atoms with Crippen LogP contribution >= 0.6 is 11.8 Å². The van der Waals surface area contributed by atoms with Crippen molar-refractivity contribution in [3.63, 3.8) is 0 Å². The molecule has 0 amide bonds. The van der Waals surface area contributed by atoms with Crippen molar-refractivity contribution in [3.8, 4) is 28.6 Å². The molecule has 2 atom stereocenters. The van der Waals surface area contributed by atoms with E-state index in [1.54, 1.807) is 0 Å². The van der Waals surface area contributed by atoms with Crippen LogP contribution in [0.15, 0.2) is 180 Å². The van der Waals surface area contributed by atoms with Crippen LogP contribution in [-0.4, -0.2) is 14.5 Å². The van der Waals surface area contributed by atoms with Crippen molar-refractivity contribution in [1.82, 2.24) is 14.5 Å². The molecule has 2 aliphatic heterocycles. The molecule has 0 N–H and O–H groups in total. The summed E-state index contributed by atoms with van der Waals surface area (Å²) in [6.45, 7) is 0. The van der Waals surface area contributed by atoms with Gasteiger partial charge in [0, 0.05) is 38.7 Å². The summed E-state index contributed by atoms with van der Waals surface area (Å²) < 4.78 is 9.22. The fraction of sp³-hybridized carbons (Fsp3) is 0.0769. The number of para-hydroxylation sites is 6. The molecule has 2 aromatic heterocycles. The fourth-order valence-corrected chi connectivity index (χ4v) is 11.5. The van der Waals surface area contributed by atoms with Crippen LogP contribution < -0.4 is 9.64 Å². The Balaban J connectivity index is 1.07. The third kappa shape index (κ3) is 4.61. The second-order valence-electron chi connectivity index (χ2n) is 15.5. The van der Waals surface area contributed by atoms with Crippen molar-refractivity contribution in [2.45, 2.75) is 28.9 Å². The molecule has 0 saturated carbocycles. The Morgan fingerprint density at radius 2 is 1.40 bits per heavy atom. The molecule has 0 bridgehead atoms. The molecule has 4 heterocycles. The van der Waals surface area contributed by atoms with Crippen LogP contribution in [-0.2, 0) is 0 Å². The van der Waals surface area contributed by atoms with Crippen LogP contribution in [0.1, 0.15) is 40.8 Å². The Kier molecular flexibility index (Phi) is 6.84. The molecule has 0 spiro atoms. The number of fused-ring (bicyclic) bond motifs is 13. The number of hydrogen-bond donors (Lipinski definition) is 0. The fourth-order valence-electron chi connectivity index (χ4n) is 9.91. The van der Waals surface area contributed by atoms with E-state index in [-0.39, 0.29) is 11.2 Å². The molecule has 0 fully saturated rings. The summed E-state index contributed by atoms with van der Waals surface area (Å²) in [5.41, 5.74) is 14.8. The number of rotatable bonds is 3. The highest BCUT2D eigenvalue weighted by Gasteiger charge is 2.46. The van der Waals surface area contributed by atoms with Crippen molar-refractivity contribution < 1.29 is 4.74 Å². The second-order valence-corrected chi connectivity index (χ2v) is 16.7. The smallest absolute Gasteiger partial charge is 0.164 e. The van der Waals surface area contributed by atoms with Crippen LogP contribution in [0.4, 0.5) is 17.1 Å². The predicted octanol–water partition coefficient (Wildman–Crippen LogP) is 14.0. The average molecular weight is 763 g/mol. The highest BCUT2D eigenvalue weighted by molar-refractivity contribution is 8.00. The van der Waals surface area contributed by atoms with Gasteiger partial charge in [-0.2, -0.15) is 0 Å². The van der Waals surface area contributed by atoms with Gasteiger partial charge in [0.05, 0.1) is 33.2 Å². The first-order valence-electron chi connectivity index (χ1n) is 20.0. The monoisotopic (exact) mass is 762 g/mol. The largest absolute Gasteiger partial charge is 0.453 e. The Bertz CT molecular complexity index is 3270. The van der Waals surface area contributed by atoms with Crippen LogP contribution in [0.5, 0.6) is 11.5 Å². The number of nitrogens with zero attached hydrogens (tertiary/aromatic N) is 4. The molecular formula is C52H34N4OS. The zero-order chi connectivity index (χ0) is 37.9. The number of thioether (sulfide) groups is 1. The lowest BCUT2D eigenvalue weighted by atomic mass is 9.74. The van der Waals surface area contributed by atoms with Gasteiger partial charge >= 0.3 is 0 Å². The van der Waals surface area contributed by atoms with Crippen molar-refractivity contribution in [2.24, 2.45) is 0 Å². The second kappa shape index (κ2) is 12.3. The third-order valence-corrected chi connectivity index (χ3v) is 13.7. The summed E-state index contributed by atoms with van der Waals surface area (Å²) in [6, 6.07) is 56.1. The topological polar surface area (TPSA) is 43.2 Å². The Morgan fingerprint density at radius 1 is 0.655 bits per heavy atom. The number of anilines is 3. The number of benzene rings is 7. The average Bonchev–Trinajstić information content (AvgIpc) is 3.83. The minimum absolute atomic E-state index is 0.152. The highest BCUT2D eigenvalue weighted by Crippen LogP contribution is 2.65. The van der Waals surface area contributed by atoms with Gasteiger partial charge in [-0.25, -0.2) is 9.97 Å². The van der Waals surface area contributed by atoms with Crippen molar-refractivity contribution >= 4 is 67.1 Å². The Morgan fingerprint density at radius 3 is 2.29 bits per heavy atom. The summed E-state index contributed by atoms with van der Waals surface area (Å²) in [5, 5.41) is 4.00. The first-order chi connectivity index (χ1) is 28.8. The standard InChI is InChI=1S/C52H34N4OS/c1-2-16-34(17-3-1)55-42-24-12-13-25-44(42)57-45-29-33(26-27-43(45)55)49-52(54-40-22-10-9-21-39(40)53-49)56-41-23-11-8-20-37(41)47-35-18-6-7-19-36(35)48-38-28-31-14-4-5-15-32(31)30-46(38)58-51(48)50(47)56/h1-5,7-17,19-30,48,51H,6,18H2. The molecule has 5 nitrogen and oxygen atoms in total. The van der Waals surface area contributed by atoms with Gasteiger partial charge in [0.1, 0.15) is 5.69 Å². The number of ether oxygens (including phenoxy) is 1. The van der Waals surface area contributed by atoms with E-state index in [0.717, 1.165) is 75.0 Å². The molecular weight excluding hydrogens is 729 g/mol. The van der Waals surface area contributed by atoms with E-state index >= 15 is 0 Å². The van der Waals surface area contributed by atoms with Gasteiger partial charge in [0.15, 0.2) is 17.3 Å². The van der Waals surface area contributed by atoms with Crippen molar-refractivity contribution in [3.05, 3.63) is 192 Å². The molecule has 6 heteroatoms. The highest BCUT2D eigenvalue weighted by atomic mass is 32.2. The maximum absolute atomic E-state index is 6.74. The molecule has 274 valence electrons. The van der Waals surface area contributed by atoms with Gasteiger partial charge in [0.2, 0.25) is 0 Å². The molecule has 13 rings (SSSR count). The van der Waals surface area contributed by atoms with Gasteiger partial charge < -0.3 is 9.64 Å². The zero-order valence-corrected chi connectivity index (χ0v) is 32.2. The van der Waals surface area contributed by atoms with Crippen LogP contribution in [0.25, 0.3) is 55.4 Å². The summed E-state index contributed by atoms with van der Waals surface area (Å²) in [6.07, 6.45) is 6.86. The lowest BCUT2D eigenvalue weighted by Crippen LogP contribution is -2.19. The van der Waals surface area contributed by atoms with Crippen molar-refractivity contribution in [2.75, 3.05) is 4.90 Å². The van der Waals surface area contributed by atoms with Crippen molar-refractivity contribution in [1.29, 1.82) is 0 Å². The van der Waals surface area contributed by atoms with Gasteiger partial charge in [-0.3, -0.25) is 4.57 Å². The van der Waals surface area contributed by atoms with E-state index in [2.05, 4.69) is 161 Å². The molecule has 0 radical (unpaired) electrons.